The maximum Gasteiger partial charge on any atom is 0.151 e. The number of nitrogens with zero attached hydrogens (tertiary/aromatic N) is 3. The summed E-state index contributed by atoms with van der Waals surface area (Å²) in [6.07, 6.45) is 6.57. The summed E-state index contributed by atoms with van der Waals surface area (Å²) in [7, 11) is 0. The van der Waals surface area contributed by atoms with E-state index < -0.39 is 11.7 Å². The van der Waals surface area contributed by atoms with Crippen LogP contribution in [0.25, 0.3) is 10.9 Å². The van der Waals surface area contributed by atoms with Crippen LogP contribution in [0.4, 0.5) is 0 Å². The molecule has 2 aromatic rings. The first-order valence-corrected chi connectivity index (χ1v) is 10.3. The molecule has 1 aliphatic rings. The second-order valence-corrected chi connectivity index (χ2v) is 7.88. The molecule has 1 unspecified atom stereocenters. The van der Waals surface area contributed by atoms with E-state index in [4.69, 9.17) is 5.10 Å². The number of aliphatic hydroxyl groups excluding tert-OH is 1. The molecular weight excluding hydrogens is 338 g/mol. The van der Waals surface area contributed by atoms with Crippen LogP contribution in [-0.4, -0.2) is 26.3 Å². The van der Waals surface area contributed by atoms with Crippen molar-refractivity contribution in [2.75, 3.05) is 0 Å². The number of aliphatic hydroxyl groups is 2. The van der Waals surface area contributed by atoms with E-state index >= 15 is 0 Å². The fourth-order valence-corrected chi connectivity index (χ4v) is 4.58. The van der Waals surface area contributed by atoms with Crippen LogP contribution in [0.2, 0.25) is 0 Å². The average molecular weight is 370 g/mol. The van der Waals surface area contributed by atoms with Gasteiger partial charge >= 0.3 is 0 Å². The summed E-state index contributed by atoms with van der Waals surface area (Å²) >= 11 is 0. The number of fused-ring (bicyclic) bond motifs is 1. The van der Waals surface area contributed by atoms with Crippen LogP contribution >= 0.6 is 0 Å². The third-order valence-electron chi connectivity index (χ3n) is 6.06. The zero-order valence-electron chi connectivity index (χ0n) is 16.5. The second-order valence-electron chi connectivity index (χ2n) is 7.88. The smallest absolute Gasteiger partial charge is 0.151 e. The maximum absolute atomic E-state index is 10.0. The van der Waals surface area contributed by atoms with Gasteiger partial charge in [0.15, 0.2) is 6.29 Å². The largest absolute Gasteiger partial charge is 0.368 e. The SMILES string of the molecule is CCCC(C#N)(CCC(O)O)c1ccc2c(CC)nn(C3CCCC3)c2c1. The lowest BCUT2D eigenvalue weighted by Gasteiger charge is -2.27. The molecule has 0 aliphatic heterocycles. The van der Waals surface area contributed by atoms with Crippen molar-refractivity contribution < 1.29 is 10.2 Å². The van der Waals surface area contributed by atoms with Crippen LogP contribution < -0.4 is 0 Å². The molecule has 1 fully saturated rings. The van der Waals surface area contributed by atoms with Gasteiger partial charge in [0.05, 0.1) is 28.7 Å². The van der Waals surface area contributed by atoms with Gasteiger partial charge < -0.3 is 10.2 Å². The van der Waals surface area contributed by atoms with Crippen LogP contribution in [0.3, 0.4) is 0 Å². The van der Waals surface area contributed by atoms with Gasteiger partial charge in [-0.25, -0.2) is 0 Å². The van der Waals surface area contributed by atoms with E-state index in [1.165, 1.54) is 31.1 Å². The molecule has 3 rings (SSSR count). The van der Waals surface area contributed by atoms with Gasteiger partial charge in [-0.3, -0.25) is 4.68 Å². The summed E-state index contributed by atoms with van der Waals surface area (Å²) < 4.78 is 2.19. The minimum atomic E-state index is -1.38. The molecule has 1 aliphatic carbocycles. The minimum Gasteiger partial charge on any atom is -0.368 e. The van der Waals surface area contributed by atoms with E-state index in [9.17, 15) is 15.5 Å². The van der Waals surface area contributed by atoms with E-state index in [1.54, 1.807) is 0 Å². The van der Waals surface area contributed by atoms with E-state index in [2.05, 4.69) is 36.7 Å². The van der Waals surface area contributed by atoms with Crippen molar-refractivity contribution in [1.82, 2.24) is 9.78 Å². The Morgan fingerprint density at radius 3 is 2.59 bits per heavy atom. The number of hydrogen-bond acceptors (Lipinski definition) is 4. The molecule has 146 valence electrons. The molecule has 1 atom stereocenters. The van der Waals surface area contributed by atoms with Gasteiger partial charge in [-0.2, -0.15) is 10.4 Å². The number of nitriles is 1. The van der Waals surface area contributed by atoms with E-state index in [1.807, 2.05) is 6.07 Å². The highest BCUT2D eigenvalue weighted by atomic mass is 16.5. The van der Waals surface area contributed by atoms with Gasteiger partial charge in [0.2, 0.25) is 0 Å². The second kappa shape index (κ2) is 8.41. The van der Waals surface area contributed by atoms with Crippen LogP contribution in [-0.2, 0) is 11.8 Å². The normalized spacial score (nSPS) is 17.5. The van der Waals surface area contributed by atoms with Crippen molar-refractivity contribution in [2.45, 2.75) is 89.4 Å². The molecule has 5 heteroatoms. The first-order chi connectivity index (χ1) is 13.0. The Hall–Kier alpha value is -1.90. The Labute approximate surface area is 161 Å². The predicted octanol–water partition coefficient (Wildman–Crippen LogP) is 4.37. The lowest BCUT2D eigenvalue weighted by atomic mass is 9.74. The zero-order chi connectivity index (χ0) is 19.4. The van der Waals surface area contributed by atoms with Gasteiger partial charge in [0.25, 0.3) is 0 Å². The summed E-state index contributed by atoms with van der Waals surface area (Å²) in [5, 5.41) is 34.8. The van der Waals surface area contributed by atoms with Crippen LogP contribution in [0, 0.1) is 11.3 Å². The van der Waals surface area contributed by atoms with E-state index in [-0.39, 0.29) is 6.42 Å². The van der Waals surface area contributed by atoms with Gasteiger partial charge in [-0.15, -0.1) is 0 Å². The highest BCUT2D eigenvalue weighted by molar-refractivity contribution is 5.83. The van der Waals surface area contributed by atoms with Crippen molar-refractivity contribution in [3.8, 4) is 6.07 Å². The molecule has 1 saturated carbocycles. The molecule has 0 bridgehead atoms. The molecule has 27 heavy (non-hydrogen) atoms. The Bertz CT molecular complexity index is 815. The number of benzene rings is 1. The van der Waals surface area contributed by atoms with Gasteiger partial charge in [0.1, 0.15) is 0 Å². The fraction of sp³-hybridized carbons (Fsp3) is 0.636. The molecule has 0 saturated heterocycles. The molecule has 5 nitrogen and oxygen atoms in total. The van der Waals surface area contributed by atoms with E-state index in [0.717, 1.165) is 29.6 Å². The standard InChI is InChI=1S/C22H31N3O2/c1-3-12-22(15-23,13-11-21(26)27)16-9-10-18-19(4-2)24-25(20(18)14-16)17-7-5-6-8-17/h9-10,14,17,21,26-27H,3-8,11-13H2,1-2H3. The van der Waals surface area contributed by atoms with Gasteiger partial charge in [0, 0.05) is 5.39 Å². The Kier molecular flexibility index (Phi) is 6.18. The van der Waals surface area contributed by atoms with Crippen LogP contribution in [0.5, 0.6) is 0 Å². The highest BCUT2D eigenvalue weighted by Gasteiger charge is 2.33. The van der Waals surface area contributed by atoms with Crippen molar-refractivity contribution >= 4 is 10.9 Å². The van der Waals surface area contributed by atoms with Crippen molar-refractivity contribution in [1.29, 1.82) is 5.26 Å². The van der Waals surface area contributed by atoms with Crippen LogP contribution in [0.15, 0.2) is 18.2 Å². The highest BCUT2D eigenvalue weighted by Crippen LogP contribution is 2.38. The molecule has 2 N–H and O–H groups in total. The zero-order valence-corrected chi connectivity index (χ0v) is 16.5. The molecule has 0 spiro atoms. The molecular formula is C22H31N3O2. The van der Waals surface area contributed by atoms with Crippen LogP contribution in [0.1, 0.15) is 82.5 Å². The molecule has 1 aromatic heterocycles. The summed E-state index contributed by atoms with van der Waals surface area (Å²) in [5.74, 6) is 0. The minimum absolute atomic E-state index is 0.202. The summed E-state index contributed by atoms with van der Waals surface area (Å²) in [6, 6.07) is 9.26. The Morgan fingerprint density at radius 2 is 2.00 bits per heavy atom. The van der Waals surface area contributed by atoms with Crippen molar-refractivity contribution in [3.05, 3.63) is 29.5 Å². The first-order valence-electron chi connectivity index (χ1n) is 10.3. The number of rotatable bonds is 8. The number of hydrogen-bond donors (Lipinski definition) is 2. The van der Waals surface area contributed by atoms with Crippen molar-refractivity contribution in [3.63, 3.8) is 0 Å². The summed E-state index contributed by atoms with van der Waals surface area (Å²) in [6.45, 7) is 4.20. The van der Waals surface area contributed by atoms with E-state index in [0.29, 0.717) is 18.9 Å². The first kappa shape index (κ1) is 19.9. The average Bonchev–Trinajstić information content (AvgIpc) is 3.32. The third-order valence-corrected chi connectivity index (χ3v) is 6.06. The van der Waals surface area contributed by atoms with Crippen molar-refractivity contribution in [2.24, 2.45) is 0 Å². The number of aryl methyl sites for hydroxylation is 1. The molecule has 1 heterocycles. The molecule has 0 radical (unpaired) electrons. The Balaban J connectivity index is 2.09. The summed E-state index contributed by atoms with van der Waals surface area (Å²) in [4.78, 5) is 0. The quantitative estimate of drug-likeness (QED) is 0.677. The lowest BCUT2D eigenvalue weighted by molar-refractivity contribution is -0.0490. The Morgan fingerprint density at radius 1 is 1.26 bits per heavy atom. The monoisotopic (exact) mass is 369 g/mol. The summed E-state index contributed by atoms with van der Waals surface area (Å²) in [5.41, 5.74) is 2.52. The lowest BCUT2D eigenvalue weighted by Crippen LogP contribution is -2.26. The third kappa shape index (κ3) is 3.88. The number of aromatic nitrogens is 2. The molecule has 1 aromatic carbocycles. The molecule has 0 amide bonds. The fourth-order valence-electron chi connectivity index (χ4n) is 4.58. The topological polar surface area (TPSA) is 82.1 Å². The van der Waals surface area contributed by atoms with Gasteiger partial charge in [-0.05, 0) is 50.2 Å². The maximum atomic E-state index is 10.0. The predicted molar refractivity (Wildman–Crippen MR) is 106 cm³/mol. The van der Waals surface area contributed by atoms with Gasteiger partial charge in [-0.1, -0.05) is 45.2 Å².